The van der Waals surface area contributed by atoms with Crippen molar-refractivity contribution >= 4 is 29.1 Å². The van der Waals surface area contributed by atoms with Gasteiger partial charge in [-0.05, 0) is 73.5 Å². The molecule has 0 bridgehead atoms. The fourth-order valence-electron chi connectivity index (χ4n) is 3.63. The van der Waals surface area contributed by atoms with Gasteiger partial charge in [-0.1, -0.05) is 29.8 Å². The van der Waals surface area contributed by atoms with Gasteiger partial charge in [-0.2, -0.15) is 0 Å². The van der Waals surface area contributed by atoms with Gasteiger partial charge in [-0.15, -0.1) is 0 Å². The molecule has 1 saturated heterocycles. The number of carbonyl (C=O) groups excluding carboxylic acids is 2. The van der Waals surface area contributed by atoms with E-state index in [1.165, 1.54) is 0 Å². The molecule has 1 fully saturated rings. The minimum Gasteiger partial charge on any atom is -0.457 e. The minimum atomic E-state index is -0.245. The summed E-state index contributed by atoms with van der Waals surface area (Å²) >= 11 is 5.91. The predicted molar refractivity (Wildman–Crippen MR) is 122 cm³/mol. The Morgan fingerprint density at radius 2 is 1.58 bits per heavy atom. The number of rotatable bonds is 5. The van der Waals surface area contributed by atoms with Crippen LogP contribution in [0.2, 0.25) is 5.02 Å². The van der Waals surface area contributed by atoms with Crippen LogP contribution in [-0.4, -0.2) is 29.8 Å². The lowest BCUT2D eigenvalue weighted by molar-refractivity contribution is -0.121. The third kappa shape index (κ3) is 5.44. The maximum absolute atomic E-state index is 12.8. The molecule has 1 aliphatic heterocycles. The number of amides is 2. The highest BCUT2D eigenvalue weighted by atomic mass is 35.5. The van der Waals surface area contributed by atoms with Crippen LogP contribution in [0.25, 0.3) is 0 Å². The van der Waals surface area contributed by atoms with Crippen molar-refractivity contribution in [1.29, 1.82) is 0 Å². The summed E-state index contributed by atoms with van der Waals surface area (Å²) in [4.78, 5) is 27.3. The molecule has 0 spiro atoms. The maximum atomic E-state index is 12.8. The van der Waals surface area contributed by atoms with Crippen molar-refractivity contribution in [3.63, 3.8) is 0 Å². The lowest BCUT2D eigenvalue weighted by Crippen LogP contribution is -2.43. The number of nitrogens with one attached hydrogen (secondary N) is 1. The summed E-state index contributed by atoms with van der Waals surface area (Å²) in [5.74, 6) is 1.06. The molecule has 5 nitrogen and oxygen atoms in total. The second-order valence-corrected chi connectivity index (χ2v) is 7.96. The molecule has 158 valence electrons. The predicted octanol–water partition coefficient (Wildman–Crippen LogP) is 5.62. The number of nitrogens with zero attached hydrogens (tertiary/aromatic N) is 1. The topological polar surface area (TPSA) is 58.6 Å². The van der Waals surface area contributed by atoms with Crippen LogP contribution in [0.4, 0.5) is 5.69 Å². The zero-order valence-electron chi connectivity index (χ0n) is 17.0. The van der Waals surface area contributed by atoms with E-state index in [1.54, 1.807) is 29.2 Å². The first-order valence-corrected chi connectivity index (χ1v) is 10.6. The van der Waals surface area contributed by atoms with Crippen molar-refractivity contribution in [2.45, 2.75) is 12.8 Å². The molecule has 2 amide bonds. The highest BCUT2D eigenvalue weighted by molar-refractivity contribution is 6.30. The van der Waals surface area contributed by atoms with Gasteiger partial charge in [0.15, 0.2) is 0 Å². The average Bonchev–Trinajstić information content (AvgIpc) is 2.81. The van der Waals surface area contributed by atoms with E-state index in [9.17, 15) is 9.59 Å². The molecule has 0 saturated carbocycles. The molecular formula is C25H23ClN2O3. The molecule has 3 aromatic carbocycles. The van der Waals surface area contributed by atoms with Crippen LogP contribution in [-0.2, 0) is 4.79 Å². The summed E-state index contributed by atoms with van der Waals surface area (Å²) in [6.07, 6.45) is 1.55. The Morgan fingerprint density at radius 3 is 2.29 bits per heavy atom. The summed E-state index contributed by atoms with van der Waals surface area (Å²) in [6, 6.07) is 23.6. The molecule has 31 heavy (non-hydrogen) atoms. The quantitative estimate of drug-likeness (QED) is 0.566. The summed E-state index contributed by atoms with van der Waals surface area (Å²) in [5.41, 5.74) is 1.28. The largest absolute Gasteiger partial charge is 0.457 e. The molecule has 1 atom stereocenters. The van der Waals surface area contributed by atoms with Crippen LogP contribution in [0.15, 0.2) is 78.9 Å². The molecule has 6 heteroatoms. The van der Waals surface area contributed by atoms with Gasteiger partial charge in [0.25, 0.3) is 5.91 Å². The number of hydrogen-bond acceptors (Lipinski definition) is 3. The zero-order chi connectivity index (χ0) is 21.6. The van der Waals surface area contributed by atoms with E-state index in [-0.39, 0.29) is 17.7 Å². The number of anilines is 1. The van der Waals surface area contributed by atoms with E-state index >= 15 is 0 Å². The molecule has 0 aromatic heterocycles. The molecule has 0 aliphatic carbocycles. The maximum Gasteiger partial charge on any atom is 0.253 e. The van der Waals surface area contributed by atoms with Crippen LogP contribution in [0.3, 0.4) is 0 Å². The standard InChI is InChI=1S/C25H23ClN2O3/c26-20-10-8-18(9-11-20)25(30)28-16-4-5-19(17-28)24(29)27-21-12-14-23(15-13-21)31-22-6-2-1-3-7-22/h1-3,6-15,19H,4-5,16-17H2,(H,27,29)/t19-/m0/s1. The van der Waals surface area contributed by atoms with Crippen LogP contribution < -0.4 is 10.1 Å². The molecule has 4 rings (SSSR count). The summed E-state index contributed by atoms with van der Waals surface area (Å²) in [5, 5.41) is 3.55. The van der Waals surface area contributed by atoms with E-state index in [0.717, 1.165) is 18.6 Å². The van der Waals surface area contributed by atoms with Crippen molar-refractivity contribution in [1.82, 2.24) is 4.90 Å². The number of carbonyl (C=O) groups is 2. The number of likely N-dealkylation sites (tertiary alicyclic amines) is 1. The molecule has 1 N–H and O–H groups in total. The number of benzene rings is 3. The number of halogens is 1. The van der Waals surface area contributed by atoms with E-state index in [0.29, 0.717) is 35.1 Å². The Labute approximate surface area is 186 Å². The first kappa shape index (κ1) is 20.9. The van der Waals surface area contributed by atoms with Crippen LogP contribution in [0.5, 0.6) is 11.5 Å². The van der Waals surface area contributed by atoms with E-state index in [2.05, 4.69) is 5.32 Å². The average molecular weight is 435 g/mol. The van der Waals surface area contributed by atoms with Crippen molar-refractivity contribution < 1.29 is 14.3 Å². The van der Waals surface area contributed by atoms with Gasteiger partial charge < -0.3 is 15.0 Å². The number of hydrogen-bond donors (Lipinski definition) is 1. The van der Waals surface area contributed by atoms with Gasteiger partial charge in [-0.3, -0.25) is 9.59 Å². The fraction of sp³-hybridized carbons (Fsp3) is 0.200. The van der Waals surface area contributed by atoms with Crippen molar-refractivity contribution in [3.05, 3.63) is 89.4 Å². The Kier molecular flexibility index (Phi) is 6.53. The Hall–Kier alpha value is -3.31. The van der Waals surface area contributed by atoms with Gasteiger partial charge in [0, 0.05) is 29.4 Å². The monoisotopic (exact) mass is 434 g/mol. The number of para-hydroxylation sites is 1. The van der Waals surface area contributed by atoms with Crippen LogP contribution >= 0.6 is 11.6 Å². The summed E-state index contributed by atoms with van der Waals surface area (Å²) < 4.78 is 5.78. The van der Waals surface area contributed by atoms with Gasteiger partial charge in [0.05, 0.1) is 5.92 Å². The number of ether oxygens (including phenoxy) is 1. The Bertz CT molecular complexity index is 1040. The third-order valence-electron chi connectivity index (χ3n) is 5.27. The van der Waals surface area contributed by atoms with E-state index in [4.69, 9.17) is 16.3 Å². The first-order chi connectivity index (χ1) is 15.1. The van der Waals surface area contributed by atoms with E-state index in [1.807, 2.05) is 54.6 Å². The second kappa shape index (κ2) is 9.67. The summed E-state index contributed by atoms with van der Waals surface area (Å²) in [7, 11) is 0. The van der Waals surface area contributed by atoms with Gasteiger partial charge in [-0.25, -0.2) is 0 Å². The Balaban J connectivity index is 1.34. The molecule has 0 radical (unpaired) electrons. The van der Waals surface area contributed by atoms with Crippen molar-refractivity contribution in [3.8, 4) is 11.5 Å². The smallest absolute Gasteiger partial charge is 0.253 e. The summed E-state index contributed by atoms with van der Waals surface area (Å²) in [6.45, 7) is 1.05. The Morgan fingerprint density at radius 1 is 0.903 bits per heavy atom. The SMILES string of the molecule is O=C(Nc1ccc(Oc2ccccc2)cc1)[C@H]1CCCN(C(=O)c2ccc(Cl)cc2)C1. The van der Waals surface area contributed by atoms with Crippen LogP contribution in [0, 0.1) is 5.92 Å². The lowest BCUT2D eigenvalue weighted by atomic mass is 9.96. The number of piperidine rings is 1. The highest BCUT2D eigenvalue weighted by Crippen LogP contribution is 2.24. The van der Waals surface area contributed by atoms with Gasteiger partial charge in [0.2, 0.25) is 5.91 Å². The van der Waals surface area contributed by atoms with Gasteiger partial charge in [0.1, 0.15) is 11.5 Å². The second-order valence-electron chi connectivity index (χ2n) is 7.53. The fourth-order valence-corrected chi connectivity index (χ4v) is 3.75. The third-order valence-corrected chi connectivity index (χ3v) is 5.52. The molecule has 1 heterocycles. The highest BCUT2D eigenvalue weighted by Gasteiger charge is 2.29. The van der Waals surface area contributed by atoms with Crippen LogP contribution in [0.1, 0.15) is 23.2 Å². The molecule has 0 unspecified atom stereocenters. The molecule has 1 aliphatic rings. The van der Waals surface area contributed by atoms with Crippen molar-refractivity contribution in [2.75, 3.05) is 18.4 Å². The lowest BCUT2D eigenvalue weighted by Gasteiger charge is -2.32. The van der Waals surface area contributed by atoms with E-state index < -0.39 is 0 Å². The van der Waals surface area contributed by atoms with Crippen molar-refractivity contribution in [2.24, 2.45) is 5.92 Å². The minimum absolute atomic E-state index is 0.0726. The first-order valence-electron chi connectivity index (χ1n) is 10.3. The molecule has 3 aromatic rings. The normalized spacial score (nSPS) is 15.9. The van der Waals surface area contributed by atoms with Gasteiger partial charge >= 0.3 is 0 Å². The zero-order valence-corrected chi connectivity index (χ0v) is 17.7. The molecular weight excluding hydrogens is 412 g/mol.